The molecule has 3 aromatic carbocycles. The first kappa shape index (κ1) is 25.8. The third kappa shape index (κ3) is 4.33. The lowest BCUT2D eigenvalue weighted by Gasteiger charge is -2.38. The van der Waals surface area contributed by atoms with Crippen LogP contribution in [0.15, 0.2) is 66.7 Å². The quantitative estimate of drug-likeness (QED) is 0.268. The van der Waals surface area contributed by atoms with E-state index in [1.165, 1.54) is 12.0 Å². The molecular weight excluding hydrogens is 532 g/mol. The standard InChI is InChI=1S/C30H25ClN4O5/c1-40-30(39)27-26(25-21(31)11-6-12-22(25)32-27)33-24(36)16-34-14-13-17-7-2-3-8-18(17)23(34)15-35-28(37)19-9-4-5-10-20(19)29(35)38/h2-12,23,32H,13-16H2,1H3,(H,33,36)/t23-/m1/s1. The molecule has 10 heteroatoms. The van der Waals surface area contributed by atoms with Crippen LogP contribution >= 0.6 is 11.6 Å². The zero-order chi connectivity index (χ0) is 28.0. The zero-order valence-electron chi connectivity index (χ0n) is 21.6. The lowest BCUT2D eigenvalue weighted by Crippen LogP contribution is -2.46. The van der Waals surface area contributed by atoms with E-state index in [9.17, 15) is 19.2 Å². The van der Waals surface area contributed by atoms with Gasteiger partial charge in [-0.2, -0.15) is 0 Å². The summed E-state index contributed by atoms with van der Waals surface area (Å²) in [6.07, 6.45) is 0.703. The van der Waals surface area contributed by atoms with Gasteiger partial charge in [0.25, 0.3) is 11.8 Å². The summed E-state index contributed by atoms with van der Waals surface area (Å²) in [5.41, 5.74) is 3.75. The maximum absolute atomic E-state index is 13.5. The molecule has 2 N–H and O–H groups in total. The molecule has 0 unspecified atom stereocenters. The minimum Gasteiger partial charge on any atom is -0.464 e. The fraction of sp³-hybridized carbons (Fsp3) is 0.200. The van der Waals surface area contributed by atoms with Crippen molar-refractivity contribution < 1.29 is 23.9 Å². The van der Waals surface area contributed by atoms with E-state index in [0.29, 0.717) is 40.0 Å². The predicted octanol–water partition coefficient (Wildman–Crippen LogP) is 4.44. The van der Waals surface area contributed by atoms with Gasteiger partial charge in [-0.1, -0.05) is 54.1 Å². The zero-order valence-corrected chi connectivity index (χ0v) is 22.3. The molecule has 4 aromatic rings. The Balaban J connectivity index is 1.29. The van der Waals surface area contributed by atoms with Gasteiger partial charge in [0, 0.05) is 24.0 Å². The monoisotopic (exact) mass is 556 g/mol. The van der Waals surface area contributed by atoms with Crippen LogP contribution in [0.4, 0.5) is 5.69 Å². The van der Waals surface area contributed by atoms with Crippen LogP contribution in [0.2, 0.25) is 5.02 Å². The Hall–Kier alpha value is -4.47. The number of nitrogens with zero attached hydrogens (tertiary/aromatic N) is 2. The molecule has 0 saturated carbocycles. The molecule has 0 aliphatic carbocycles. The smallest absolute Gasteiger partial charge is 0.356 e. The highest BCUT2D eigenvalue weighted by Gasteiger charge is 2.39. The molecule has 0 saturated heterocycles. The van der Waals surface area contributed by atoms with E-state index in [1.807, 2.05) is 29.2 Å². The summed E-state index contributed by atoms with van der Waals surface area (Å²) in [5.74, 6) is -1.70. The van der Waals surface area contributed by atoms with Crippen molar-refractivity contribution in [3.05, 3.63) is 99.7 Å². The Bertz CT molecular complexity index is 1660. The molecule has 1 atom stereocenters. The van der Waals surface area contributed by atoms with Gasteiger partial charge in [-0.3, -0.25) is 24.2 Å². The van der Waals surface area contributed by atoms with E-state index >= 15 is 0 Å². The number of carbonyl (C=O) groups excluding carboxylic acids is 4. The van der Waals surface area contributed by atoms with E-state index < -0.39 is 12.0 Å². The first-order valence-corrected chi connectivity index (χ1v) is 13.2. The number of methoxy groups -OCH3 is 1. The molecular formula is C30H25ClN4O5. The summed E-state index contributed by atoms with van der Waals surface area (Å²) in [7, 11) is 1.26. The molecule has 2 aliphatic rings. The number of hydrogen-bond acceptors (Lipinski definition) is 6. The maximum Gasteiger partial charge on any atom is 0.356 e. The fourth-order valence-electron chi connectivity index (χ4n) is 5.63. The molecule has 0 bridgehead atoms. The normalized spacial score (nSPS) is 16.6. The first-order valence-electron chi connectivity index (χ1n) is 12.8. The average molecular weight is 557 g/mol. The molecule has 3 heterocycles. The number of esters is 1. The van der Waals surface area contributed by atoms with Crippen LogP contribution in [-0.4, -0.2) is 65.2 Å². The lowest BCUT2D eigenvalue weighted by molar-refractivity contribution is -0.118. The molecule has 0 radical (unpaired) electrons. The topological polar surface area (TPSA) is 112 Å². The van der Waals surface area contributed by atoms with E-state index in [1.54, 1.807) is 42.5 Å². The average Bonchev–Trinajstić information content (AvgIpc) is 3.45. The minimum absolute atomic E-state index is 0.0418. The number of imide groups is 1. The number of aromatic amines is 1. The number of rotatable bonds is 6. The molecule has 202 valence electrons. The van der Waals surface area contributed by atoms with Crippen molar-refractivity contribution in [3.8, 4) is 0 Å². The number of benzene rings is 3. The third-order valence-electron chi connectivity index (χ3n) is 7.53. The number of H-pyrrole nitrogens is 1. The Morgan fingerprint density at radius 1 is 1.00 bits per heavy atom. The van der Waals surface area contributed by atoms with Gasteiger partial charge in [0.15, 0.2) is 0 Å². The van der Waals surface area contributed by atoms with E-state index in [4.69, 9.17) is 16.3 Å². The summed E-state index contributed by atoms with van der Waals surface area (Å²) in [5, 5.41) is 3.74. The molecule has 9 nitrogen and oxygen atoms in total. The van der Waals surface area contributed by atoms with Crippen molar-refractivity contribution in [1.29, 1.82) is 0 Å². The predicted molar refractivity (Wildman–Crippen MR) is 150 cm³/mol. The summed E-state index contributed by atoms with van der Waals surface area (Å²) in [4.78, 5) is 58.5. The Morgan fingerprint density at radius 3 is 2.42 bits per heavy atom. The minimum atomic E-state index is -0.641. The van der Waals surface area contributed by atoms with E-state index in [-0.39, 0.29) is 42.2 Å². The number of fused-ring (bicyclic) bond motifs is 3. The molecule has 3 amide bonds. The van der Waals surface area contributed by atoms with Crippen LogP contribution in [0.25, 0.3) is 10.9 Å². The highest BCUT2D eigenvalue weighted by molar-refractivity contribution is 6.37. The Labute approximate surface area is 234 Å². The second-order valence-corrected chi connectivity index (χ2v) is 10.2. The van der Waals surface area contributed by atoms with Gasteiger partial charge < -0.3 is 15.0 Å². The number of aromatic nitrogens is 1. The van der Waals surface area contributed by atoms with Crippen LogP contribution in [-0.2, 0) is 16.0 Å². The van der Waals surface area contributed by atoms with Gasteiger partial charge >= 0.3 is 5.97 Å². The number of carbonyl (C=O) groups is 4. The molecule has 6 rings (SSSR count). The Kier molecular flexibility index (Phi) is 6.61. The fourth-order valence-corrected chi connectivity index (χ4v) is 5.90. The number of hydrogen-bond donors (Lipinski definition) is 2. The van der Waals surface area contributed by atoms with Crippen molar-refractivity contribution in [2.45, 2.75) is 12.5 Å². The second-order valence-electron chi connectivity index (χ2n) is 9.78. The summed E-state index contributed by atoms with van der Waals surface area (Å²) in [6, 6.07) is 19.4. The van der Waals surface area contributed by atoms with Gasteiger partial charge in [-0.25, -0.2) is 4.79 Å². The van der Waals surface area contributed by atoms with Gasteiger partial charge in [-0.15, -0.1) is 0 Å². The molecule has 40 heavy (non-hydrogen) atoms. The van der Waals surface area contributed by atoms with Crippen LogP contribution in [0.3, 0.4) is 0 Å². The Morgan fingerprint density at radius 2 is 1.70 bits per heavy atom. The number of anilines is 1. The van der Waals surface area contributed by atoms with Crippen LogP contribution in [0, 0.1) is 0 Å². The van der Waals surface area contributed by atoms with Crippen LogP contribution < -0.4 is 5.32 Å². The number of ether oxygens (including phenoxy) is 1. The van der Waals surface area contributed by atoms with Gasteiger partial charge in [0.05, 0.1) is 41.5 Å². The third-order valence-corrected chi connectivity index (χ3v) is 7.85. The molecule has 0 fully saturated rings. The second kappa shape index (κ2) is 10.3. The van der Waals surface area contributed by atoms with Gasteiger partial charge in [-0.05, 0) is 41.8 Å². The summed E-state index contributed by atoms with van der Waals surface area (Å²) >= 11 is 6.44. The first-order chi connectivity index (χ1) is 19.4. The molecule has 0 spiro atoms. The summed E-state index contributed by atoms with van der Waals surface area (Å²) < 4.78 is 4.91. The van der Waals surface area contributed by atoms with Gasteiger partial charge in [0.2, 0.25) is 5.91 Å². The SMILES string of the molecule is COC(=O)c1[nH]c2cccc(Cl)c2c1NC(=O)CN1CCc2ccccc2[C@H]1CN1C(=O)c2ccccc2C1=O. The van der Waals surface area contributed by atoms with Gasteiger partial charge in [0.1, 0.15) is 5.69 Å². The highest BCUT2D eigenvalue weighted by atomic mass is 35.5. The maximum atomic E-state index is 13.5. The van der Waals surface area contributed by atoms with Crippen molar-refractivity contribution in [2.24, 2.45) is 0 Å². The van der Waals surface area contributed by atoms with Crippen molar-refractivity contribution in [3.63, 3.8) is 0 Å². The van der Waals surface area contributed by atoms with E-state index in [2.05, 4.69) is 10.3 Å². The molecule has 2 aliphatic heterocycles. The number of nitrogens with one attached hydrogen (secondary N) is 2. The van der Waals surface area contributed by atoms with Crippen LogP contribution in [0.5, 0.6) is 0 Å². The lowest BCUT2D eigenvalue weighted by atomic mass is 9.92. The van der Waals surface area contributed by atoms with Crippen molar-refractivity contribution in [2.75, 3.05) is 32.1 Å². The van der Waals surface area contributed by atoms with Crippen molar-refractivity contribution >= 4 is 51.9 Å². The number of halogens is 1. The highest BCUT2D eigenvalue weighted by Crippen LogP contribution is 2.36. The largest absolute Gasteiger partial charge is 0.464 e. The summed E-state index contributed by atoms with van der Waals surface area (Å²) in [6.45, 7) is 0.597. The van der Waals surface area contributed by atoms with Crippen molar-refractivity contribution in [1.82, 2.24) is 14.8 Å². The number of amides is 3. The van der Waals surface area contributed by atoms with Crippen LogP contribution in [0.1, 0.15) is 48.4 Å². The van der Waals surface area contributed by atoms with E-state index in [0.717, 1.165) is 11.1 Å². The molecule has 1 aromatic heterocycles.